The van der Waals surface area contributed by atoms with Crippen molar-refractivity contribution in [2.24, 2.45) is 29.1 Å². The van der Waals surface area contributed by atoms with E-state index in [-0.39, 0.29) is 52.6 Å². The smallest absolute Gasteiger partial charge is 0.192 e. The zero-order valence-corrected chi connectivity index (χ0v) is 29.3. The summed E-state index contributed by atoms with van der Waals surface area (Å²) in [6.45, 7) is 27.7. The van der Waals surface area contributed by atoms with E-state index < -0.39 is 13.9 Å². The van der Waals surface area contributed by atoms with Gasteiger partial charge < -0.3 is 24.1 Å². The van der Waals surface area contributed by atoms with Gasteiger partial charge in [-0.05, 0) is 91.5 Å². The molecule has 0 amide bonds. The molecular formula is C37H60O5Si. The standard InChI is InChI=1S/C37H60O5Si/c1-11-15-32-35(7,18-19-37(32)27(3)20-29(42-37)25-41-43(9,10)34(4,5)6)21-30-33(26(2)23-38)31(22-36(30,8)39)40-24-28-16-13-12-14-17-28/h11-14,16-17,27,29-33,38-39H,1-2,15,18-25H2,3-10H3/t27-,29+,30-,31-,32+,33+,35+,36+,37-/m0/s1. The van der Waals surface area contributed by atoms with Crippen molar-refractivity contribution in [1.82, 2.24) is 0 Å². The summed E-state index contributed by atoms with van der Waals surface area (Å²) in [5.74, 6) is 0.513. The molecule has 0 unspecified atom stereocenters. The molecule has 0 radical (unpaired) electrons. The number of aliphatic hydroxyl groups is 2. The molecule has 242 valence electrons. The molecule has 4 rings (SSSR count). The molecule has 6 heteroatoms. The number of rotatable bonds is 12. The summed E-state index contributed by atoms with van der Waals surface area (Å²) in [6.07, 6.45) is 7.26. The zero-order valence-electron chi connectivity index (χ0n) is 28.3. The Balaban J connectivity index is 1.55. The summed E-state index contributed by atoms with van der Waals surface area (Å²) in [7, 11) is -1.87. The average Bonchev–Trinajstić information content (AvgIpc) is 3.50. The fourth-order valence-corrected chi connectivity index (χ4v) is 9.54. The van der Waals surface area contributed by atoms with Crippen LogP contribution < -0.4 is 0 Å². The molecular weight excluding hydrogens is 552 g/mol. The maximum absolute atomic E-state index is 11.9. The lowest BCUT2D eigenvalue weighted by atomic mass is 9.63. The summed E-state index contributed by atoms with van der Waals surface area (Å²) in [6, 6.07) is 10.2. The minimum absolute atomic E-state index is 0.0609. The van der Waals surface area contributed by atoms with Crippen molar-refractivity contribution in [2.75, 3.05) is 13.2 Å². The van der Waals surface area contributed by atoms with Crippen LogP contribution in [0, 0.1) is 29.1 Å². The fraction of sp³-hybridized carbons (Fsp3) is 0.730. The van der Waals surface area contributed by atoms with Gasteiger partial charge in [-0.2, -0.15) is 0 Å². The first kappa shape index (κ1) is 34.6. The third-order valence-electron chi connectivity index (χ3n) is 12.1. The number of benzene rings is 1. The summed E-state index contributed by atoms with van der Waals surface area (Å²) in [5.41, 5.74) is 0.652. The van der Waals surface area contributed by atoms with Gasteiger partial charge in [-0.15, -0.1) is 6.58 Å². The Morgan fingerprint density at radius 3 is 2.44 bits per heavy atom. The molecule has 3 fully saturated rings. The molecule has 1 aliphatic heterocycles. The normalized spacial score (nSPS) is 38.2. The third kappa shape index (κ3) is 6.95. The Bertz CT molecular complexity index is 1110. The van der Waals surface area contributed by atoms with Crippen molar-refractivity contribution in [3.8, 4) is 0 Å². The van der Waals surface area contributed by atoms with Crippen molar-refractivity contribution in [1.29, 1.82) is 0 Å². The molecule has 2 aliphatic carbocycles. The number of allylic oxidation sites excluding steroid dienone is 1. The van der Waals surface area contributed by atoms with E-state index in [9.17, 15) is 10.2 Å². The second-order valence-electron chi connectivity index (χ2n) is 16.2. The molecule has 1 aromatic carbocycles. The highest BCUT2D eigenvalue weighted by Gasteiger charge is 2.63. The van der Waals surface area contributed by atoms with Gasteiger partial charge >= 0.3 is 0 Å². The lowest BCUT2D eigenvalue weighted by molar-refractivity contribution is -0.111. The van der Waals surface area contributed by atoms with Crippen LogP contribution >= 0.6 is 0 Å². The van der Waals surface area contributed by atoms with Gasteiger partial charge in [-0.3, -0.25) is 0 Å². The van der Waals surface area contributed by atoms with Gasteiger partial charge in [0.25, 0.3) is 0 Å². The van der Waals surface area contributed by atoms with Crippen LogP contribution in [0.3, 0.4) is 0 Å². The molecule has 1 aromatic rings. The highest BCUT2D eigenvalue weighted by molar-refractivity contribution is 6.74. The first-order chi connectivity index (χ1) is 20.0. The van der Waals surface area contributed by atoms with Crippen LogP contribution in [-0.4, -0.2) is 55.2 Å². The van der Waals surface area contributed by atoms with Crippen LogP contribution in [0.25, 0.3) is 0 Å². The van der Waals surface area contributed by atoms with Crippen LogP contribution in [0.1, 0.15) is 85.6 Å². The third-order valence-corrected chi connectivity index (χ3v) is 16.6. The maximum Gasteiger partial charge on any atom is 0.192 e. The van der Waals surface area contributed by atoms with Crippen molar-refractivity contribution in [2.45, 2.75) is 128 Å². The molecule has 2 saturated carbocycles. The molecule has 5 nitrogen and oxygen atoms in total. The van der Waals surface area contributed by atoms with E-state index >= 15 is 0 Å². The predicted molar refractivity (Wildman–Crippen MR) is 178 cm³/mol. The Morgan fingerprint density at radius 1 is 1.16 bits per heavy atom. The first-order valence-electron chi connectivity index (χ1n) is 16.6. The van der Waals surface area contributed by atoms with Crippen molar-refractivity contribution in [3.63, 3.8) is 0 Å². The van der Waals surface area contributed by atoms with Gasteiger partial charge in [-0.1, -0.05) is 77.6 Å². The molecule has 1 spiro atoms. The average molecular weight is 613 g/mol. The Kier molecular flexibility index (Phi) is 10.3. The predicted octanol–water partition coefficient (Wildman–Crippen LogP) is 8.08. The van der Waals surface area contributed by atoms with Gasteiger partial charge in [0.1, 0.15) is 0 Å². The van der Waals surface area contributed by atoms with Crippen LogP contribution in [0.5, 0.6) is 0 Å². The SMILES string of the molecule is C=CC[C@@H]1[C@@](C)(C[C@H]2[C@@H](C(=C)CO)[C@@H](OCc3ccccc3)C[C@@]2(C)O)CC[C@@]12O[C@@H](CO[Si](C)(C)C(C)(C)C)C[C@@H]2C. The lowest BCUT2D eigenvalue weighted by Crippen LogP contribution is -2.46. The largest absolute Gasteiger partial charge is 0.414 e. The Labute approximate surface area is 263 Å². The number of hydrogen-bond acceptors (Lipinski definition) is 5. The minimum atomic E-state index is -1.87. The lowest BCUT2D eigenvalue weighted by Gasteiger charge is -2.44. The van der Waals surface area contributed by atoms with Crippen LogP contribution in [0.4, 0.5) is 0 Å². The minimum Gasteiger partial charge on any atom is -0.414 e. The molecule has 1 heterocycles. The van der Waals surface area contributed by atoms with Gasteiger partial charge in [0, 0.05) is 12.3 Å². The summed E-state index contributed by atoms with van der Waals surface area (Å²) in [4.78, 5) is 0. The quantitative estimate of drug-likeness (QED) is 0.185. The van der Waals surface area contributed by atoms with Gasteiger partial charge in [0.2, 0.25) is 0 Å². The molecule has 3 aliphatic rings. The van der Waals surface area contributed by atoms with Gasteiger partial charge in [-0.25, -0.2) is 0 Å². The van der Waals surface area contributed by atoms with E-state index in [2.05, 4.69) is 79.1 Å². The van der Waals surface area contributed by atoms with E-state index in [1.54, 1.807) is 0 Å². The van der Waals surface area contributed by atoms with Crippen molar-refractivity contribution < 1.29 is 24.1 Å². The van der Waals surface area contributed by atoms with Crippen LogP contribution in [0.15, 0.2) is 55.1 Å². The Morgan fingerprint density at radius 2 is 1.84 bits per heavy atom. The number of ether oxygens (including phenoxy) is 2. The monoisotopic (exact) mass is 612 g/mol. The molecule has 2 N–H and O–H groups in total. The van der Waals surface area contributed by atoms with Crippen LogP contribution in [0.2, 0.25) is 18.1 Å². The molecule has 1 saturated heterocycles. The summed E-state index contributed by atoms with van der Waals surface area (Å²) >= 11 is 0. The van der Waals surface area contributed by atoms with Crippen molar-refractivity contribution >= 4 is 8.32 Å². The van der Waals surface area contributed by atoms with E-state index in [0.717, 1.165) is 43.2 Å². The first-order valence-corrected chi connectivity index (χ1v) is 19.5. The second kappa shape index (κ2) is 12.8. The highest BCUT2D eigenvalue weighted by Crippen LogP contribution is 2.63. The van der Waals surface area contributed by atoms with Gasteiger partial charge in [0.05, 0.1) is 43.2 Å². The summed E-state index contributed by atoms with van der Waals surface area (Å²) in [5, 5.41) is 22.4. The van der Waals surface area contributed by atoms with Crippen molar-refractivity contribution in [3.05, 3.63) is 60.7 Å². The van der Waals surface area contributed by atoms with E-state index in [0.29, 0.717) is 25.6 Å². The number of aliphatic hydroxyl groups excluding tert-OH is 1. The molecule has 43 heavy (non-hydrogen) atoms. The molecule has 9 atom stereocenters. The Hall–Kier alpha value is -1.28. The van der Waals surface area contributed by atoms with E-state index in [1.807, 2.05) is 25.1 Å². The highest BCUT2D eigenvalue weighted by atomic mass is 28.4. The molecule has 0 bridgehead atoms. The second-order valence-corrected chi connectivity index (χ2v) is 21.0. The topological polar surface area (TPSA) is 68.2 Å². The number of hydrogen-bond donors (Lipinski definition) is 2. The van der Waals surface area contributed by atoms with Gasteiger partial charge in [0.15, 0.2) is 8.32 Å². The van der Waals surface area contributed by atoms with Crippen LogP contribution in [-0.2, 0) is 20.5 Å². The zero-order chi connectivity index (χ0) is 31.8. The summed E-state index contributed by atoms with van der Waals surface area (Å²) < 4.78 is 20.2. The fourth-order valence-electron chi connectivity index (χ4n) is 8.51. The van der Waals surface area contributed by atoms with E-state index in [4.69, 9.17) is 13.9 Å². The molecule has 0 aromatic heterocycles. The van der Waals surface area contributed by atoms with E-state index in [1.165, 1.54) is 0 Å². The maximum atomic E-state index is 11.9.